The quantitative estimate of drug-likeness (QED) is 0.863. The fourth-order valence-electron chi connectivity index (χ4n) is 2.24. The Labute approximate surface area is 117 Å². The number of nitrogen functional groups attached to an aromatic ring is 1. The fraction of sp³-hybridized carbons (Fsp3) is 0.357. The van der Waals surface area contributed by atoms with Crippen molar-refractivity contribution in [2.75, 3.05) is 30.9 Å². The zero-order valence-corrected chi connectivity index (χ0v) is 11.5. The van der Waals surface area contributed by atoms with E-state index < -0.39 is 0 Å². The molecule has 6 heteroatoms. The van der Waals surface area contributed by atoms with Crippen molar-refractivity contribution in [1.82, 2.24) is 5.16 Å². The molecule has 0 aliphatic carbocycles. The van der Waals surface area contributed by atoms with E-state index in [2.05, 4.69) is 5.16 Å². The summed E-state index contributed by atoms with van der Waals surface area (Å²) in [7, 11) is 1.95. The number of fused-ring (bicyclic) bond motifs is 1. The molecule has 1 aliphatic rings. The number of anilines is 2. The highest BCUT2D eigenvalue weighted by Gasteiger charge is 2.17. The molecule has 20 heavy (non-hydrogen) atoms. The average molecular weight is 275 g/mol. The van der Waals surface area contributed by atoms with Crippen LogP contribution in [0.25, 0.3) is 0 Å². The van der Waals surface area contributed by atoms with Crippen LogP contribution in [0.15, 0.2) is 22.7 Å². The highest BCUT2D eigenvalue weighted by molar-refractivity contribution is 5.73. The summed E-state index contributed by atoms with van der Waals surface area (Å²) in [6.45, 7) is 3.60. The van der Waals surface area contributed by atoms with Gasteiger partial charge in [-0.25, -0.2) is 0 Å². The Kier molecular flexibility index (Phi) is 3.14. The SMILES string of the molecule is Cc1cc(CN(C)c2cc3c(cc2N)OCCO3)no1. The molecule has 2 N–H and O–H groups in total. The minimum absolute atomic E-state index is 0.555. The molecule has 0 unspecified atom stereocenters. The zero-order chi connectivity index (χ0) is 14.1. The van der Waals surface area contributed by atoms with Crippen LogP contribution >= 0.6 is 0 Å². The van der Waals surface area contributed by atoms with Gasteiger partial charge in [0.15, 0.2) is 11.5 Å². The van der Waals surface area contributed by atoms with E-state index in [0.29, 0.717) is 31.2 Å². The van der Waals surface area contributed by atoms with Crippen LogP contribution in [0, 0.1) is 6.92 Å². The molecule has 1 aromatic carbocycles. The molecule has 0 spiro atoms. The Morgan fingerprint density at radius 1 is 1.20 bits per heavy atom. The second-order valence-electron chi connectivity index (χ2n) is 4.84. The van der Waals surface area contributed by atoms with Crippen molar-refractivity contribution in [2.45, 2.75) is 13.5 Å². The van der Waals surface area contributed by atoms with Crippen LogP contribution in [0.3, 0.4) is 0 Å². The van der Waals surface area contributed by atoms with Crippen LogP contribution in [0.2, 0.25) is 0 Å². The lowest BCUT2D eigenvalue weighted by Crippen LogP contribution is -2.20. The lowest BCUT2D eigenvalue weighted by Gasteiger charge is -2.24. The number of hydrogen-bond donors (Lipinski definition) is 1. The number of hydrogen-bond acceptors (Lipinski definition) is 6. The van der Waals surface area contributed by atoms with E-state index in [9.17, 15) is 0 Å². The molecule has 106 valence electrons. The van der Waals surface area contributed by atoms with Crippen LogP contribution in [0.1, 0.15) is 11.5 Å². The van der Waals surface area contributed by atoms with Gasteiger partial charge < -0.3 is 24.6 Å². The third-order valence-electron chi connectivity index (χ3n) is 3.18. The summed E-state index contributed by atoms with van der Waals surface area (Å²) in [4.78, 5) is 2.00. The van der Waals surface area contributed by atoms with Gasteiger partial charge in [0.25, 0.3) is 0 Å². The van der Waals surface area contributed by atoms with E-state index in [1.165, 1.54) is 0 Å². The van der Waals surface area contributed by atoms with Gasteiger partial charge in [-0.2, -0.15) is 0 Å². The third-order valence-corrected chi connectivity index (χ3v) is 3.18. The normalized spacial score (nSPS) is 13.3. The number of nitrogens with two attached hydrogens (primary N) is 1. The highest BCUT2D eigenvalue weighted by atomic mass is 16.6. The summed E-state index contributed by atoms with van der Waals surface area (Å²) in [6, 6.07) is 5.61. The molecule has 0 atom stereocenters. The number of rotatable bonds is 3. The van der Waals surface area contributed by atoms with Crippen molar-refractivity contribution in [3.8, 4) is 11.5 Å². The van der Waals surface area contributed by atoms with Gasteiger partial charge in [-0.1, -0.05) is 5.16 Å². The van der Waals surface area contributed by atoms with E-state index in [1.54, 1.807) is 6.07 Å². The first kappa shape index (κ1) is 12.7. The summed E-state index contributed by atoms with van der Waals surface area (Å²) in [6.07, 6.45) is 0. The van der Waals surface area contributed by atoms with Crippen LogP contribution in [0.5, 0.6) is 11.5 Å². The van der Waals surface area contributed by atoms with E-state index >= 15 is 0 Å². The fourth-order valence-corrected chi connectivity index (χ4v) is 2.24. The molecule has 0 radical (unpaired) electrons. The van der Waals surface area contributed by atoms with E-state index in [4.69, 9.17) is 19.7 Å². The van der Waals surface area contributed by atoms with E-state index in [-0.39, 0.29) is 0 Å². The summed E-state index contributed by atoms with van der Waals surface area (Å²) < 4.78 is 16.2. The number of benzene rings is 1. The highest BCUT2D eigenvalue weighted by Crippen LogP contribution is 2.38. The van der Waals surface area contributed by atoms with Gasteiger partial charge in [0.1, 0.15) is 24.7 Å². The molecular formula is C14H17N3O3. The third kappa shape index (κ3) is 2.36. The molecule has 0 fully saturated rings. The first-order valence-electron chi connectivity index (χ1n) is 6.46. The van der Waals surface area contributed by atoms with Gasteiger partial charge >= 0.3 is 0 Å². The number of ether oxygens (including phenoxy) is 2. The monoisotopic (exact) mass is 275 g/mol. The van der Waals surface area contributed by atoms with Crippen molar-refractivity contribution >= 4 is 11.4 Å². The van der Waals surface area contributed by atoms with Crippen molar-refractivity contribution < 1.29 is 14.0 Å². The lowest BCUT2D eigenvalue weighted by molar-refractivity contribution is 0.172. The maximum absolute atomic E-state index is 6.08. The minimum atomic E-state index is 0.555. The summed E-state index contributed by atoms with van der Waals surface area (Å²) >= 11 is 0. The molecule has 0 bridgehead atoms. The van der Waals surface area contributed by atoms with Crippen LogP contribution < -0.4 is 20.1 Å². The van der Waals surface area contributed by atoms with Crippen molar-refractivity contribution in [1.29, 1.82) is 0 Å². The topological polar surface area (TPSA) is 73.8 Å². The van der Waals surface area contributed by atoms with Gasteiger partial charge in [-0.05, 0) is 6.92 Å². The molecule has 2 heterocycles. The Morgan fingerprint density at radius 2 is 1.90 bits per heavy atom. The molecule has 0 amide bonds. The van der Waals surface area contributed by atoms with Gasteiger partial charge in [-0.3, -0.25) is 0 Å². The van der Waals surface area contributed by atoms with Crippen LogP contribution in [-0.2, 0) is 6.54 Å². The molecule has 1 aliphatic heterocycles. The number of nitrogens with zero attached hydrogens (tertiary/aromatic N) is 2. The largest absolute Gasteiger partial charge is 0.486 e. The molecular weight excluding hydrogens is 258 g/mol. The first-order chi connectivity index (χ1) is 9.63. The van der Waals surface area contributed by atoms with E-state index in [0.717, 1.165) is 22.9 Å². The summed E-state index contributed by atoms with van der Waals surface area (Å²) in [5, 5.41) is 3.98. The van der Waals surface area contributed by atoms with Crippen LogP contribution in [0.4, 0.5) is 11.4 Å². The van der Waals surface area contributed by atoms with Gasteiger partial charge in [0.2, 0.25) is 0 Å². The smallest absolute Gasteiger partial charge is 0.163 e. The van der Waals surface area contributed by atoms with Gasteiger partial charge in [-0.15, -0.1) is 0 Å². The maximum Gasteiger partial charge on any atom is 0.163 e. The first-order valence-corrected chi connectivity index (χ1v) is 6.46. The molecule has 0 saturated heterocycles. The number of aryl methyl sites for hydroxylation is 1. The van der Waals surface area contributed by atoms with Crippen molar-refractivity contribution in [3.63, 3.8) is 0 Å². The average Bonchev–Trinajstić information content (AvgIpc) is 2.83. The molecule has 1 aromatic heterocycles. The zero-order valence-electron chi connectivity index (χ0n) is 11.5. The summed E-state index contributed by atoms with van der Waals surface area (Å²) in [5.41, 5.74) is 8.48. The second kappa shape index (κ2) is 4.96. The lowest BCUT2D eigenvalue weighted by atomic mass is 10.2. The van der Waals surface area contributed by atoms with Gasteiger partial charge in [0.05, 0.1) is 17.9 Å². The Balaban J connectivity index is 1.85. The van der Waals surface area contributed by atoms with Crippen molar-refractivity contribution in [3.05, 3.63) is 29.7 Å². The molecule has 6 nitrogen and oxygen atoms in total. The molecule has 3 rings (SSSR count). The predicted octanol–water partition coefficient (Wildman–Crippen LogP) is 1.97. The number of aromatic nitrogens is 1. The Bertz CT molecular complexity index is 624. The second-order valence-corrected chi connectivity index (χ2v) is 4.84. The summed E-state index contributed by atoms with van der Waals surface area (Å²) in [5.74, 6) is 2.22. The Morgan fingerprint density at radius 3 is 2.55 bits per heavy atom. The molecule has 0 saturated carbocycles. The van der Waals surface area contributed by atoms with Gasteiger partial charge in [0, 0.05) is 25.2 Å². The van der Waals surface area contributed by atoms with Crippen LogP contribution in [-0.4, -0.2) is 25.4 Å². The maximum atomic E-state index is 6.08. The molecule has 2 aromatic rings. The van der Waals surface area contributed by atoms with Crippen molar-refractivity contribution in [2.24, 2.45) is 0 Å². The predicted molar refractivity (Wildman–Crippen MR) is 75.2 cm³/mol. The van der Waals surface area contributed by atoms with E-state index in [1.807, 2.05) is 31.0 Å². The minimum Gasteiger partial charge on any atom is -0.486 e. The standard InChI is InChI=1S/C14H17N3O3/c1-9-5-10(16-20-9)8-17(2)12-7-14-13(6-11(12)15)18-3-4-19-14/h5-7H,3-4,8,15H2,1-2H3. The Hall–Kier alpha value is -2.37.